The minimum Gasteiger partial charge on any atom is -0.457 e. The maximum absolute atomic E-state index is 13.4. The SMILES string of the molecule is CCC(N)c1ccccc1Oc1ccc(Cl)c(F)c1. The number of ether oxygens (including phenoxy) is 1. The summed E-state index contributed by atoms with van der Waals surface area (Å²) in [6, 6.07) is 11.7. The molecule has 0 aliphatic heterocycles. The van der Waals surface area contributed by atoms with Gasteiger partial charge in [0.15, 0.2) is 0 Å². The van der Waals surface area contributed by atoms with Crippen molar-refractivity contribution in [1.29, 1.82) is 0 Å². The largest absolute Gasteiger partial charge is 0.457 e. The second kappa shape index (κ2) is 6.04. The molecule has 0 heterocycles. The van der Waals surface area contributed by atoms with Gasteiger partial charge in [0.1, 0.15) is 17.3 Å². The van der Waals surface area contributed by atoms with E-state index in [4.69, 9.17) is 22.1 Å². The molecule has 1 atom stereocenters. The fourth-order valence-corrected chi connectivity index (χ4v) is 1.88. The topological polar surface area (TPSA) is 35.2 Å². The van der Waals surface area contributed by atoms with Crippen LogP contribution in [0, 0.1) is 5.82 Å². The van der Waals surface area contributed by atoms with Gasteiger partial charge in [-0.05, 0) is 24.6 Å². The first-order valence-electron chi connectivity index (χ1n) is 6.09. The molecule has 0 bridgehead atoms. The highest BCUT2D eigenvalue weighted by Crippen LogP contribution is 2.31. The standard InChI is InChI=1S/C15H15ClFNO/c1-2-14(18)11-5-3-4-6-15(11)19-10-7-8-12(16)13(17)9-10/h3-9,14H,2,18H2,1H3. The predicted molar refractivity (Wildman–Crippen MR) is 75.1 cm³/mol. The highest BCUT2D eigenvalue weighted by atomic mass is 35.5. The van der Waals surface area contributed by atoms with E-state index in [0.717, 1.165) is 12.0 Å². The molecule has 0 spiro atoms. The minimum absolute atomic E-state index is 0.0749. The van der Waals surface area contributed by atoms with Crippen LogP contribution in [0.2, 0.25) is 5.02 Å². The molecule has 100 valence electrons. The summed E-state index contributed by atoms with van der Waals surface area (Å²) < 4.78 is 19.1. The number of benzene rings is 2. The lowest BCUT2D eigenvalue weighted by Gasteiger charge is -2.15. The molecular weight excluding hydrogens is 265 g/mol. The lowest BCUT2D eigenvalue weighted by atomic mass is 10.0. The van der Waals surface area contributed by atoms with Crippen LogP contribution in [0.15, 0.2) is 42.5 Å². The molecule has 4 heteroatoms. The fourth-order valence-electron chi connectivity index (χ4n) is 1.77. The zero-order valence-electron chi connectivity index (χ0n) is 10.6. The average molecular weight is 280 g/mol. The van der Waals surface area contributed by atoms with E-state index in [1.54, 1.807) is 6.07 Å². The van der Waals surface area contributed by atoms with Crippen molar-refractivity contribution in [2.75, 3.05) is 0 Å². The van der Waals surface area contributed by atoms with Crippen molar-refractivity contribution in [2.24, 2.45) is 5.73 Å². The van der Waals surface area contributed by atoms with Gasteiger partial charge in [-0.2, -0.15) is 0 Å². The molecule has 0 aromatic heterocycles. The maximum Gasteiger partial charge on any atom is 0.145 e. The van der Waals surface area contributed by atoms with Gasteiger partial charge in [-0.15, -0.1) is 0 Å². The summed E-state index contributed by atoms with van der Waals surface area (Å²) in [7, 11) is 0. The summed E-state index contributed by atoms with van der Waals surface area (Å²) in [5.41, 5.74) is 6.93. The van der Waals surface area contributed by atoms with E-state index in [0.29, 0.717) is 11.5 Å². The lowest BCUT2D eigenvalue weighted by Crippen LogP contribution is -2.09. The number of para-hydroxylation sites is 1. The van der Waals surface area contributed by atoms with Crippen molar-refractivity contribution >= 4 is 11.6 Å². The van der Waals surface area contributed by atoms with Crippen molar-refractivity contribution in [3.05, 3.63) is 58.9 Å². The molecule has 2 aromatic rings. The number of rotatable bonds is 4. The van der Waals surface area contributed by atoms with E-state index in [9.17, 15) is 4.39 Å². The van der Waals surface area contributed by atoms with Crippen LogP contribution in [0.3, 0.4) is 0 Å². The van der Waals surface area contributed by atoms with E-state index < -0.39 is 5.82 Å². The number of nitrogens with two attached hydrogens (primary N) is 1. The van der Waals surface area contributed by atoms with Gasteiger partial charge in [0.25, 0.3) is 0 Å². The zero-order valence-corrected chi connectivity index (χ0v) is 11.3. The highest BCUT2D eigenvalue weighted by Gasteiger charge is 2.11. The van der Waals surface area contributed by atoms with Gasteiger partial charge in [-0.1, -0.05) is 36.7 Å². The van der Waals surface area contributed by atoms with E-state index in [-0.39, 0.29) is 11.1 Å². The third kappa shape index (κ3) is 3.25. The van der Waals surface area contributed by atoms with Crippen LogP contribution in [-0.4, -0.2) is 0 Å². The molecule has 0 aliphatic rings. The summed E-state index contributed by atoms with van der Waals surface area (Å²) in [6.07, 6.45) is 0.801. The molecule has 1 unspecified atom stereocenters. The molecule has 19 heavy (non-hydrogen) atoms. The maximum atomic E-state index is 13.4. The predicted octanol–water partition coefficient (Wildman–Crippen LogP) is 4.68. The van der Waals surface area contributed by atoms with Crippen LogP contribution < -0.4 is 10.5 Å². The molecule has 0 amide bonds. The van der Waals surface area contributed by atoms with Crippen molar-refractivity contribution < 1.29 is 9.13 Å². The van der Waals surface area contributed by atoms with Crippen LogP contribution in [0.1, 0.15) is 24.9 Å². The molecule has 2 rings (SSSR count). The second-order valence-corrected chi connectivity index (χ2v) is 4.64. The number of hydrogen-bond acceptors (Lipinski definition) is 2. The molecule has 0 fully saturated rings. The van der Waals surface area contributed by atoms with Gasteiger partial charge >= 0.3 is 0 Å². The van der Waals surface area contributed by atoms with E-state index in [1.807, 2.05) is 31.2 Å². The Morgan fingerprint density at radius 3 is 2.68 bits per heavy atom. The zero-order chi connectivity index (χ0) is 13.8. The molecule has 2 nitrogen and oxygen atoms in total. The third-order valence-corrected chi connectivity index (χ3v) is 3.18. The van der Waals surface area contributed by atoms with Crippen LogP contribution in [0.4, 0.5) is 4.39 Å². The van der Waals surface area contributed by atoms with E-state index in [1.165, 1.54) is 12.1 Å². The van der Waals surface area contributed by atoms with Gasteiger partial charge in [0, 0.05) is 17.7 Å². The molecule has 0 saturated heterocycles. The Morgan fingerprint density at radius 2 is 2.00 bits per heavy atom. The van der Waals surface area contributed by atoms with E-state index in [2.05, 4.69) is 0 Å². The molecule has 2 N–H and O–H groups in total. The van der Waals surface area contributed by atoms with Gasteiger partial charge in [-0.3, -0.25) is 0 Å². The van der Waals surface area contributed by atoms with Crippen molar-refractivity contribution in [3.8, 4) is 11.5 Å². The number of hydrogen-bond donors (Lipinski definition) is 1. The Hall–Kier alpha value is -1.58. The molecular formula is C15H15ClFNO. The fraction of sp³-hybridized carbons (Fsp3) is 0.200. The van der Waals surface area contributed by atoms with Crippen molar-refractivity contribution in [1.82, 2.24) is 0 Å². The van der Waals surface area contributed by atoms with Crippen LogP contribution in [-0.2, 0) is 0 Å². The van der Waals surface area contributed by atoms with Gasteiger partial charge in [0.05, 0.1) is 5.02 Å². The number of halogens is 2. The summed E-state index contributed by atoms with van der Waals surface area (Å²) in [6.45, 7) is 2.00. The minimum atomic E-state index is -0.503. The lowest BCUT2D eigenvalue weighted by molar-refractivity contribution is 0.464. The first kappa shape index (κ1) is 13.8. The van der Waals surface area contributed by atoms with Crippen LogP contribution in [0.5, 0.6) is 11.5 Å². The highest BCUT2D eigenvalue weighted by molar-refractivity contribution is 6.30. The third-order valence-electron chi connectivity index (χ3n) is 2.88. The molecule has 2 aromatic carbocycles. The smallest absolute Gasteiger partial charge is 0.145 e. The van der Waals surface area contributed by atoms with Gasteiger partial charge < -0.3 is 10.5 Å². The Balaban J connectivity index is 2.30. The normalized spacial score (nSPS) is 12.2. The summed E-state index contributed by atoms with van der Waals surface area (Å²) in [5, 5.41) is 0.0749. The summed E-state index contributed by atoms with van der Waals surface area (Å²) >= 11 is 5.64. The molecule has 0 saturated carbocycles. The van der Waals surface area contributed by atoms with Crippen LogP contribution in [0.25, 0.3) is 0 Å². The Morgan fingerprint density at radius 1 is 1.26 bits per heavy atom. The quantitative estimate of drug-likeness (QED) is 0.882. The summed E-state index contributed by atoms with van der Waals surface area (Å²) in [4.78, 5) is 0. The first-order chi connectivity index (χ1) is 9.11. The van der Waals surface area contributed by atoms with Gasteiger partial charge in [-0.25, -0.2) is 4.39 Å². The van der Waals surface area contributed by atoms with E-state index >= 15 is 0 Å². The van der Waals surface area contributed by atoms with Crippen molar-refractivity contribution in [3.63, 3.8) is 0 Å². The van der Waals surface area contributed by atoms with Crippen LogP contribution >= 0.6 is 11.6 Å². The second-order valence-electron chi connectivity index (χ2n) is 4.23. The average Bonchev–Trinajstić information content (AvgIpc) is 2.43. The van der Waals surface area contributed by atoms with Gasteiger partial charge in [0.2, 0.25) is 0 Å². The summed E-state index contributed by atoms with van der Waals surface area (Å²) in [5.74, 6) is 0.535. The Bertz CT molecular complexity index is 574. The Labute approximate surface area is 117 Å². The molecule has 0 aliphatic carbocycles. The first-order valence-corrected chi connectivity index (χ1v) is 6.47. The van der Waals surface area contributed by atoms with Crippen molar-refractivity contribution in [2.45, 2.75) is 19.4 Å². The monoisotopic (exact) mass is 279 g/mol. The Kier molecular flexibility index (Phi) is 4.40. The molecule has 0 radical (unpaired) electrons.